The predicted molar refractivity (Wildman–Crippen MR) is 118 cm³/mol. The molecule has 0 N–H and O–H groups in total. The number of rotatable bonds is 5. The number of nitrogens with zero attached hydrogens (tertiary/aromatic N) is 2. The first-order chi connectivity index (χ1) is 15.4. The predicted octanol–water partition coefficient (Wildman–Crippen LogP) is 2.27. The molecule has 0 saturated heterocycles. The van der Waals surface area contributed by atoms with Crippen molar-refractivity contribution in [3.05, 3.63) is 110 Å². The Morgan fingerprint density at radius 3 is 1.84 bits per heavy atom. The highest BCUT2D eigenvalue weighted by Gasteiger charge is 2.24. The lowest BCUT2D eigenvalue weighted by Crippen LogP contribution is -2.47. The van der Waals surface area contributed by atoms with Gasteiger partial charge in [0.2, 0.25) is 0 Å². The summed E-state index contributed by atoms with van der Waals surface area (Å²) in [6.45, 7) is 3.15. The quantitative estimate of drug-likeness (QED) is 0.453. The van der Waals surface area contributed by atoms with Gasteiger partial charge in [0.15, 0.2) is 0 Å². The lowest BCUT2D eigenvalue weighted by atomic mass is 10.1. The van der Waals surface area contributed by atoms with Crippen molar-refractivity contribution in [3.63, 3.8) is 0 Å². The number of carbonyl (C=O) groups is 3. The van der Waals surface area contributed by atoms with Crippen molar-refractivity contribution < 1.29 is 19.1 Å². The van der Waals surface area contributed by atoms with E-state index >= 15 is 0 Å². The Morgan fingerprint density at radius 2 is 1.34 bits per heavy atom. The zero-order valence-electron chi connectivity index (χ0n) is 17.5. The lowest BCUT2D eigenvalue weighted by Gasteiger charge is -2.14. The van der Waals surface area contributed by atoms with Crippen LogP contribution < -0.4 is 11.2 Å². The van der Waals surface area contributed by atoms with Crippen molar-refractivity contribution in [3.8, 4) is 0 Å². The summed E-state index contributed by atoms with van der Waals surface area (Å²) in [6.07, 6.45) is 2.14. The van der Waals surface area contributed by atoms with Gasteiger partial charge >= 0.3 is 11.7 Å². The summed E-state index contributed by atoms with van der Waals surface area (Å²) in [5, 5.41) is 0. The van der Waals surface area contributed by atoms with Gasteiger partial charge in [-0.15, -0.1) is 0 Å². The third kappa shape index (κ3) is 4.39. The van der Waals surface area contributed by atoms with Crippen LogP contribution in [-0.4, -0.2) is 33.5 Å². The summed E-state index contributed by atoms with van der Waals surface area (Å²) in [6, 6.07) is 15.7. The van der Waals surface area contributed by atoms with Gasteiger partial charge in [0.1, 0.15) is 0 Å². The van der Waals surface area contributed by atoms with Crippen LogP contribution in [0.5, 0.6) is 0 Å². The Kier molecular flexibility index (Phi) is 6.74. The summed E-state index contributed by atoms with van der Waals surface area (Å²) in [4.78, 5) is 64.2. The average Bonchev–Trinajstić information content (AvgIpc) is 2.80. The highest BCUT2D eigenvalue weighted by Crippen LogP contribution is 2.09. The number of hydrogen-bond donors (Lipinski definition) is 0. The van der Waals surface area contributed by atoms with Crippen LogP contribution in [0.2, 0.25) is 0 Å². The first-order valence-corrected chi connectivity index (χ1v) is 9.79. The van der Waals surface area contributed by atoms with E-state index in [1.165, 1.54) is 31.2 Å². The molecule has 8 nitrogen and oxygen atoms in total. The van der Waals surface area contributed by atoms with Crippen molar-refractivity contribution >= 4 is 23.9 Å². The second-order valence-electron chi connectivity index (χ2n) is 6.69. The molecule has 0 unspecified atom stereocenters. The molecule has 0 radical (unpaired) electrons. The summed E-state index contributed by atoms with van der Waals surface area (Å²) in [5.74, 6) is -2.31. The maximum Gasteiger partial charge on any atom is 0.345 e. The smallest absolute Gasteiger partial charge is 0.345 e. The molecule has 1 heterocycles. The molecule has 3 rings (SSSR count). The molecule has 3 aromatic rings. The van der Waals surface area contributed by atoms with Gasteiger partial charge in [-0.3, -0.25) is 14.4 Å². The fraction of sp³-hybridized carbons (Fsp3) is 0.125. The minimum Gasteiger partial charge on any atom is -0.463 e. The molecule has 0 amide bonds. The Morgan fingerprint density at radius 1 is 0.844 bits per heavy atom. The van der Waals surface area contributed by atoms with Gasteiger partial charge in [-0.05, 0) is 44.2 Å². The topological polar surface area (TPSA) is 104 Å². The molecule has 0 bridgehead atoms. The van der Waals surface area contributed by atoms with Crippen LogP contribution in [0.25, 0.3) is 6.08 Å². The average molecular weight is 432 g/mol. The highest BCUT2D eigenvalue weighted by atomic mass is 16.5. The van der Waals surface area contributed by atoms with E-state index in [1.54, 1.807) is 43.3 Å². The first-order valence-electron chi connectivity index (χ1n) is 9.79. The number of ether oxygens (including phenoxy) is 1. The van der Waals surface area contributed by atoms with E-state index in [-0.39, 0.29) is 29.0 Å². The largest absolute Gasteiger partial charge is 0.463 e. The number of esters is 1. The van der Waals surface area contributed by atoms with E-state index in [2.05, 4.69) is 0 Å². The van der Waals surface area contributed by atoms with Crippen LogP contribution in [0.1, 0.15) is 38.9 Å². The molecule has 162 valence electrons. The third-order valence-electron chi connectivity index (χ3n) is 4.66. The van der Waals surface area contributed by atoms with Crippen molar-refractivity contribution in [2.24, 2.45) is 0 Å². The van der Waals surface area contributed by atoms with E-state index in [0.717, 1.165) is 16.7 Å². The van der Waals surface area contributed by atoms with E-state index in [4.69, 9.17) is 4.74 Å². The molecule has 8 heteroatoms. The SMILES string of the molecule is CCOC(=O)C=Cc1c(C)n(C(=O)c2ccccc2)c(=O)n(C(=O)c2ccccc2)c1=O. The van der Waals surface area contributed by atoms with Gasteiger partial charge in [0, 0.05) is 22.9 Å². The zero-order chi connectivity index (χ0) is 23.3. The fourth-order valence-corrected chi connectivity index (χ4v) is 3.10. The van der Waals surface area contributed by atoms with Crippen molar-refractivity contribution in [2.45, 2.75) is 13.8 Å². The molecule has 32 heavy (non-hydrogen) atoms. The summed E-state index contributed by atoms with van der Waals surface area (Å²) < 4.78 is 5.97. The standard InChI is InChI=1S/C24H20N2O6/c1-3-32-20(27)15-14-19-16(2)25(21(28)17-10-6-4-7-11-17)24(31)26(23(19)30)22(29)18-12-8-5-9-13-18/h4-15H,3H2,1-2H3. The second kappa shape index (κ2) is 9.65. The Bertz CT molecular complexity index is 1320. The molecule has 0 aliphatic rings. The number of hydrogen-bond acceptors (Lipinski definition) is 6. The molecule has 0 atom stereocenters. The van der Waals surface area contributed by atoms with E-state index in [1.807, 2.05) is 0 Å². The number of benzene rings is 2. The van der Waals surface area contributed by atoms with Gasteiger partial charge in [0.25, 0.3) is 17.4 Å². The Labute approximate surface area is 183 Å². The normalized spacial score (nSPS) is 10.8. The molecule has 0 spiro atoms. The highest BCUT2D eigenvalue weighted by molar-refractivity contribution is 5.99. The fourth-order valence-electron chi connectivity index (χ4n) is 3.10. The molecule has 0 aliphatic heterocycles. The minimum atomic E-state index is -1.09. The molecule has 0 aliphatic carbocycles. The van der Waals surface area contributed by atoms with Gasteiger partial charge in [-0.25, -0.2) is 14.2 Å². The van der Waals surface area contributed by atoms with Crippen LogP contribution in [0.3, 0.4) is 0 Å². The number of aromatic nitrogens is 2. The maximum absolute atomic E-state index is 13.2. The molecular formula is C24H20N2O6. The zero-order valence-corrected chi connectivity index (χ0v) is 17.5. The van der Waals surface area contributed by atoms with Gasteiger partial charge in [0.05, 0.1) is 12.2 Å². The van der Waals surface area contributed by atoms with Crippen molar-refractivity contribution in [1.29, 1.82) is 0 Å². The van der Waals surface area contributed by atoms with Crippen LogP contribution in [0, 0.1) is 6.92 Å². The molecule has 1 aromatic heterocycles. The monoisotopic (exact) mass is 432 g/mol. The van der Waals surface area contributed by atoms with Gasteiger partial charge in [-0.2, -0.15) is 4.57 Å². The molecular weight excluding hydrogens is 412 g/mol. The third-order valence-corrected chi connectivity index (χ3v) is 4.66. The van der Waals surface area contributed by atoms with Gasteiger partial charge in [-0.1, -0.05) is 36.4 Å². The summed E-state index contributed by atoms with van der Waals surface area (Å²) in [5.41, 5.74) is -1.93. The van der Waals surface area contributed by atoms with Crippen LogP contribution in [0.4, 0.5) is 0 Å². The van der Waals surface area contributed by atoms with Gasteiger partial charge < -0.3 is 4.74 Å². The van der Waals surface area contributed by atoms with Crippen LogP contribution >= 0.6 is 0 Å². The first kappa shape index (κ1) is 22.4. The Balaban J connectivity index is 2.29. The summed E-state index contributed by atoms with van der Waals surface area (Å²) in [7, 11) is 0. The van der Waals surface area contributed by atoms with Crippen molar-refractivity contribution in [2.75, 3.05) is 6.61 Å². The molecule has 0 saturated carbocycles. The molecule has 2 aromatic carbocycles. The second-order valence-corrected chi connectivity index (χ2v) is 6.69. The van der Waals surface area contributed by atoms with Crippen molar-refractivity contribution in [1.82, 2.24) is 9.13 Å². The summed E-state index contributed by atoms with van der Waals surface area (Å²) >= 11 is 0. The van der Waals surface area contributed by atoms with E-state index in [0.29, 0.717) is 4.57 Å². The number of carbonyl (C=O) groups excluding carboxylic acids is 3. The molecule has 0 fully saturated rings. The van der Waals surface area contributed by atoms with Crippen LogP contribution in [0.15, 0.2) is 76.3 Å². The maximum atomic E-state index is 13.2. The minimum absolute atomic E-state index is 0.00786. The van der Waals surface area contributed by atoms with Crippen LogP contribution in [-0.2, 0) is 9.53 Å². The van der Waals surface area contributed by atoms with E-state index < -0.39 is 29.0 Å². The lowest BCUT2D eigenvalue weighted by molar-refractivity contribution is -0.137. The van der Waals surface area contributed by atoms with E-state index in [9.17, 15) is 24.0 Å². The Hall–Kier alpha value is -4.33.